The van der Waals surface area contributed by atoms with E-state index in [1.54, 1.807) is 0 Å². The molecular formula is C3H2F3NS. The van der Waals surface area contributed by atoms with Gasteiger partial charge in [0.2, 0.25) is 0 Å². The van der Waals surface area contributed by atoms with Gasteiger partial charge in [-0.3, -0.25) is 0 Å². The van der Waals surface area contributed by atoms with Crippen LogP contribution < -0.4 is 0 Å². The molecule has 0 aromatic carbocycles. The van der Waals surface area contributed by atoms with Gasteiger partial charge in [-0.05, 0) is 12.2 Å². The summed E-state index contributed by atoms with van der Waals surface area (Å²) in [6, 6.07) is 0. The molecule has 0 amide bonds. The standard InChI is InChI=1S/C3H2F3NS/c4-2(5)3(6)7-1-8/h2-3H. The second kappa shape index (κ2) is 3.57. The molecule has 0 heterocycles. The number of rotatable bonds is 2. The molecule has 0 aliphatic carbocycles. The van der Waals surface area contributed by atoms with Gasteiger partial charge in [-0.1, -0.05) is 0 Å². The topological polar surface area (TPSA) is 12.4 Å². The van der Waals surface area contributed by atoms with Gasteiger partial charge in [0.25, 0.3) is 12.7 Å². The summed E-state index contributed by atoms with van der Waals surface area (Å²) >= 11 is 3.86. The quantitative estimate of drug-likeness (QED) is 0.323. The highest BCUT2D eigenvalue weighted by Crippen LogP contribution is 2.04. The van der Waals surface area contributed by atoms with Crippen molar-refractivity contribution in [2.75, 3.05) is 0 Å². The number of hydrogen-bond acceptors (Lipinski definition) is 2. The van der Waals surface area contributed by atoms with Gasteiger partial charge in [-0.15, -0.1) is 0 Å². The minimum atomic E-state index is -3.09. The van der Waals surface area contributed by atoms with Crippen LogP contribution in [0.1, 0.15) is 0 Å². The third-order valence-electron chi connectivity index (χ3n) is 0.384. The molecule has 8 heavy (non-hydrogen) atoms. The molecule has 0 radical (unpaired) electrons. The zero-order valence-electron chi connectivity index (χ0n) is 3.64. The number of halogens is 3. The van der Waals surface area contributed by atoms with E-state index in [0.717, 1.165) is 0 Å². The third-order valence-corrected chi connectivity index (χ3v) is 0.489. The average Bonchev–Trinajstić information content (AvgIpc) is 1.67. The van der Waals surface area contributed by atoms with Gasteiger partial charge in [-0.2, -0.15) is 4.99 Å². The fraction of sp³-hybridized carbons (Fsp3) is 0.667. The summed E-state index contributed by atoms with van der Waals surface area (Å²) in [5, 5.41) is 1.50. The SMILES string of the molecule is FC(F)C(F)N=C=S. The molecule has 0 spiro atoms. The van der Waals surface area contributed by atoms with E-state index in [9.17, 15) is 13.2 Å². The largest absolute Gasteiger partial charge is 0.290 e. The van der Waals surface area contributed by atoms with Crippen LogP contribution in [0, 0.1) is 0 Å². The Morgan fingerprint density at radius 2 is 1.88 bits per heavy atom. The van der Waals surface area contributed by atoms with Gasteiger partial charge < -0.3 is 0 Å². The smallest absolute Gasteiger partial charge is 0.214 e. The Kier molecular flexibility index (Phi) is 3.39. The van der Waals surface area contributed by atoms with Gasteiger partial charge in [0.05, 0.1) is 5.16 Å². The number of isothiocyanates is 1. The maximum atomic E-state index is 11.5. The monoisotopic (exact) mass is 141 g/mol. The molecule has 5 heteroatoms. The lowest BCUT2D eigenvalue weighted by molar-refractivity contribution is 0.0556. The molecule has 1 atom stereocenters. The van der Waals surface area contributed by atoms with E-state index in [4.69, 9.17) is 0 Å². The lowest BCUT2D eigenvalue weighted by atomic mass is 10.7. The fourth-order valence-electron chi connectivity index (χ4n) is 0.107. The summed E-state index contributed by atoms with van der Waals surface area (Å²) in [4.78, 5) is 2.47. The van der Waals surface area contributed by atoms with Gasteiger partial charge in [0, 0.05) is 0 Å². The van der Waals surface area contributed by atoms with Gasteiger partial charge >= 0.3 is 0 Å². The predicted octanol–water partition coefficient (Wildman–Crippen LogP) is 1.65. The van der Waals surface area contributed by atoms with E-state index in [1.165, 1.54) is 5.16 Å². The van der Waals surface area contributed by atoms with Crippen LogP contribution in [0.5, 0.6) is 0 Å². The first-order chi connectivity index (χ1) is 3.68. The fourth-order valence-corrected chi connectivity index (χ4v) is 0.207. The lowest BCUT2D eigenvalue weighted by Gasteiger charge is -1.94. The molecule has 0 saturated heterocycles. The van der Waals surface area contributed by atoms with E-state index in [0.29, 0.717) is 0 Å². The molecule has 0 saturated carbocycles. The first kappa shape index (κ1) is 7.59. The number of thiocarbonyl (C=S) groups is 1. The van der Waals surface area contributed by atoms with E-state index < -0.39 is 12.7 Å². The van der Waals surface area contributed by atoms with Gasteiger partial charge in [0.1, 0.15) is 0 Å². The van der Waals surface area contributed by atoms with Crippen molar-refractivity contribution in [3.63, 3.8) is 0 Å². The Hall–Kier alpha value is -0.410. The molecule has 0 N–H and O–H groups in total. The van der Waals surface area contributed by atoms with Gasteiger partial charge in [-0.25, -0.2) is 13.2 Å². The second-order valence-electron chi connectivity index (χ2n) is 0.927. The van der Waals surface area contributed by atoms with E-state index in [2.05, 4.69) is 17.2 Å². The molecule has 0 fully saturated rings. The summed E-state index contributed by atoms with van der Waals surface area (Å²) in [5.41, 5.74) is 0. The molecule has 0 aromatic rings. The average molecular weight is 141 g/mol. The molecule has 0 aliphatic heterocycles. The first-order valence-corrected chi connectivity index (χ1v) is 2.08. The van der Waals surface area contributed by atoms with Crippen LogP contribution in [0.15, 0.2) is 4.99 Å². The van der Waals surface area contributed by atoms with Crippen LogP contribution in [0.25, 0.3) is 0 Å². The van der Waals surface area contributed by atoms with Crippen LogP contribution in [0.4, 0.5) is 13.2 Å². The normalized spacial score (nSPS) is 13.0. The van der Waals surface area contributed by atoms with Crippen molar-refractivity contribution in [2.24, 2.45) is 4.99 Å². The van der Waals surface area contributed by atoms with Crippen LogP contribution in [0.2, 0.25) is 0 Å². The highest BCUT2D eigenvalue weighted by Gasteiger charge is 2.15. The molecule has 1 unspecified atom stereocenters. The van der Waals surface area contributed by atoms with Crippen molar-refractivity contribution in [1.82, 2.24) is 0 Å². The third kappa shape index (κ3) is 2.71. The van der Waals surface area contributed by atoms with Crippen LogP contribution in [-0.2, 0) is 0 Å². The van der Waals surface area contributed by atoms with Crippen molar-refractivity contribution < 1.29 is 13.2 Å². The Morgan fingerprint density at radius 3 is 2.00 bits per heavy atom. The molecule has 46 valence electrons. The maximum absolute atomic E-state index is 11.5. The lowest BCUT2D eigenvalue weighted by Crippen LogP contribution is -2.07. The van der Waals surface area contributed by atoms with Gasteiger partial charge in [0.15, 0.2) is 0 Å². The number of nitrogens with zero attached hydrogens (tertiary/aromatic N) is 1. The highest BCUT2D eigenvalue weighted by molar-refractivity contribution is 7.78. The minimum Gasteiger partial charge on any atom is -0.214 e. The molecule has 1 nitrogen and oxygen atoms in total. The number of aliphatic imine (C=N–C) groups is 1. The Balaban J connectivity index is 3.63. The summed E-state index contributed by atoms with van der Waals surface area (Å²) in [6.07, 6.45) is -5.60. The molecule has 0 aliphatic rings. The van der Waals surface area contributed by atoms with Crippen LogP contribution in [-0.4, -0.2) is 17.9 Å². The Labute approximate surface area is 49.2 Å². The minimum absolute atomic E-state index is 1.50. The van der Waals surface area contributed by atoms with E-state index >= 15 is 0 Å². The zero-order chi connectivity index (χ0) is 6.57. The van der Waals surface area contributed by atoms with Crippen LogP contribution >= 0.6 is 12.2 Å². The van der Waals surface area contributed by atoms with Crippen LogP contribution in [0.3, 0.4) is 0 Å². The summed E-state index contributed by atoms with van der Waals surface area (Å²) in [5.74, 6) is 0. The maximum Gasteiger partial charge on any atom is 0.290 e. The van der Waals surface area contributed by atoms with Crippen molar-refractivity contribution in [3.05, 3.63) is 0 Å². The molecule has 0 aromatic heterocycles. The molecule has 0 rings (SSSR count). The summed E-state index contributed by atoms with van der Waals surface area (Å²) in [6.45, 7) is 0. The van der Waals surface area contributed by atoms with Crippen molar-refractivity contribution >= 4 is 17.4 Å². The predicted molar refractivity (Wildman–Crippen MR) is 25.9 cm³/mol. The van der Waals surface area contributed by atoms with E-state index in [-0.39, 0.29) is 0 Å². The van der Waals surface area contributed by atoms with Crippen molar-refractivity contribution in [2.45, 2.75) is 12.7 Å². The number of hydrogen-bond donors (Lipinski definition) is 0. The van der Waals surface area contributed by atoms with Crippen molar-refractivity contribution in [3.8, 4) is 0 Å². The van der Waals surface area contributed by atoms with E-state index in [1.807, 2.05) is 0 Å². The van der Waals surface area contributed by atoms with Crippen molar-refractivity contribution in [1.29, 1.82) is 0 Å². The molecular weight excluding hydrogens is 139 g/mol. The molecule has 0 bridgehead atoms. The second-order valence-corrected chi connectivity index (χ2v) is 1.11. The Morgan fingerprint density at radius 1 is 1.38 bits per heavy atom. The number of alkyl halides is 3. The summed E-state index contributed by atoms with van der Waals surface area (Å²) in [7, 11) is 0. The first-order valence-electron chi connectivity index (χ1n) is 1.67. The zero-order valence-corrected chi connectivity index (χ0v) is 4.46. The Bertz CT molecular complexity index is 109. The highest BCUT2D eigenvalue weighted by atomic mass is 32.1. The summed E-state index contributed by atoms with van der Waals surface area (Å²) < 4.78 is 33.6.